The summed E-state index contributed by atoms with van der Waals surface area (Å²) >= 11 is 0. The highest BCUT2D eigenvalue weighted by molar-refractivity contribution is 5.79. The Morgan fingerprint density at radius 3 is 1.60 bits per heavy atom. The number of hydrogen-bond acceptors (Lipinski definition) is 3. The average Bonchev–Trinajstić information content (AvgIpc) is 3.04. The van der Waals surface area contributed by atoms with Gasteiger partial charge in [0.25, 0.3) is 0 Å². The lowest BCUT2D eigenvalue weighted by Gasteiger charge is -2.29. The van der Waals surface area contributed by atoms with Crippen LogP contribution >= 0.6 is 0 Å². The van der Waals surface area contributed by atoms with E-state index in [4.69, 9.17) is 4.74 Å². The zero-order chi connectivity index (χ0) is 29.6. The van der Waals surface area contributed by atoms with Crippen LogP contribution in [0.15, 0.2) is 151 Å². The predicted octanol–water partition coefficient (Wildman–Crippen LogP) is 10.8. The molecule has 43 heavy (non-hydrogen) atoms. The molecule has 0 N–H and O–H groups in total. The van der Waals surface area contributed by atoms with Crippen molar-refractivity contribution in [3.05, 3.63) is 162 Å². The van der Waals surface area contributed by atoms with Crippen molar-refractivity contribution in [3.63, 3.8) is 0 Å². The number of nitrogens with zero attached hydrogens (tertiary/aromatic N) is 2. The molecule has 3 heteroatoms. The second kappa shape index (κ2) is 13.0. The average molecular weight is 563 g/mol. The van der Waals surface area contributed by atoms with Gasteiger partial charge in [-0.05, 0) is 116 Å². The summed E-state index contributed by atoms with van der Waals surface area (Å²) in [7, 11) is 0. The lowest BCUT2D eigenvalue weighted by molar-refractivity contribution is 0.0975. The van der Waals surface area contributed by atoms with Gasteiger partial charge < -0.3 is 14.5 Å². The third-order valence-electron chi connectivity index (χ3n) is 7.80. The molecule has 214 valence electrons. The second-order valence-corrected chi connectivity index (χ2v) is 11.0. The van der Waals surface area contributed by atoms with Gasteiger partial charge in [0, 0.05) is 40.7 Å². The zero-order valence-corrected chi connectivity index (χ0v) is 25.2. The van der Waals surface area contributed by atoms with Crippen LogP contribution in [0.3, 0.4) is 0 Å². The molecule has 0 saturated carbocycles. The highest BCUT2D eigenvalue weighted by Gasteiger charge is 2.18. The van der Waals surface area contributed by atoms with E-state index in [2.05, 4.69) is 169 Å². The molecular weight excluding hydrogens is 524 g/mol. The number of allylic oxidation sites excluding steroid dienone is 1. The number of benzene rings is 5. The molecule has 0 spiro atoms. The van der Waals surface area contributed by atoms with Crippen LogP contribution in [0.1, 0.15) is 24.5 Å². The zero-order valence-electron chi connectivity index (χ0n) is 25.2. The van der Waals surface area contributed by atoms with Gasteiger partial charge >= 0.3 is 0 Å². The topological polar surface area (TPSA) is 15.7 Å². The number of rotatable bonds is 9. The van der Waals surface area contributed by atoms with Crippen molar-refractivity contribution in [2.75, 3.05) is 16.4 Å². The summed E-state index contributed by atoms with van der Waals surface area (Å²) in [6, 6.07) is 45.6. The van der Waals surface area contributed by atoms with Crippen LogP contribution in [0.2, 0.25) is 0 Å². The molecule has 5 aromatic rings. The Balaban J connectivity index is 1.29. The van der Waals surface area contributed by atoms with Crippen molar-refractivity contribution >= 4 is 28.4 Å². The molecular formula is C40H38N2O. The molecule has 1 aliphatic rings. The summed E-state index contributed by atoms with van der Waals surface area (Å²) in [5.41, 5.74) is 11.7. The molecule has 0 fully saturated rings. The normalized spacial score (nSPS) is 14.3. The predicted molar refractivity (Wildman–Crippen MR) is 182 cm³/mol. The van der Waals surface area contributed by atoms with E-state index in [1.807, 2.05) is 6.92 Å². The lowest BCUT2D eigenvalue weighted by Crippen LogP contribution is -2.20. The summed E-state index contributed by atoms with van der Waals surface area (Å²) in [4.78, 5) is 4.64. The molecule has 0 aromatic heterocycles. The van der Waals surface area contributed by atoms with E-state index < -0.39 is 0 Å². The third kappa shape index (κ3) is 6.48. The third-order valence-corrected chi connectivity index (χ3v) is 7.80. The molecule has 1 atom stereocenters. The second-order valence-electron chi connectivity index (χ2n) is 11.0. The minimum atomic E-state index is 0.141. The number of hydrogen-bond donors (Lipinski definition) is 0. The number of ether oxygens (including phenoxy) is 1. The Morgan fingerprint density at radius 2 is 1.09 bits per heavy atom. The number of anilines is 5. The highest BCUT2D eigenvalue weighted by Crippen LogP contribution is 2.37. The van der Waals surface area contributed by atoms with Crippen LogP contribution < -0.4 is 9.80 Å². The van der Waals surface area contributed by atoms with E-state index in [9.17, 15) is 0 Å². The van der Waals surface area contributed by atoms with Gasteiger partial charge in [0.15, 0.2) is 0 Å². The smallest absolute Gasteiger partial charge is 0.0794 e. The quantitative estimate of drug-likeness (QED) is 0.178. The van der Waals surface area contributed by atoms with Crippen LogP contribution in [0, 0.1) is 13.8 Å². The Bertz CT molecular complexity index is 1720. The minimum absolute atomic E-state index is 0.141. The lowest BCUT2D eigenvalue weighted by atomic mass is 10.0. The van der Waals surface area contributed by atoms with E-state index in [0.717, 1.165) is 47.2 Å². The van der Waals surface area contributed by atoms with E-state index in [0.29, 0.717) is 0 Å². The molecule has 0 bridgehead atoms. The van der Waals surface area contributed by atoms with Crippen LogP contribution in [0.5, 0.6) is 0 Å². The van der Waals surface area contributed by atoms with Crippen molar-refractivity contribution in [2.24, 2.45) is 0 Å². The maximum Gasteiger partial charge on any atom is 0.0794 e. The fraction of sp³-hybridized carbons (Fsp3) is 0.150. The van der Waals surface area contributed by atoms with Crippen molar-refractivity contribution in [2.45, 2.75) is 33.3 Å². The van der Waals surface area contributed by atoms with Gasteiger partial charge in [0.05, 0.1) is 6.10 Å². The molecule has 1 aliphatic carbocycles. The molecule has 3 nitrogen and oxygen atoms in total. The summed E-state index contributed by atoms with van der Waals surface area (Å²) in [6.07, 6.45) is 7.65. The van der Waals surface area contributed by atoms with E-state index >= 15 is 0 Å². The minimum Gasteiger partial charge on any atom is -0.374 e. The molecule has 0 heterocycles. The molecule has 0 aliphatic heterocycles. The van der Waals surface area contributed by atoms with Crippen molar-refractivity contribution in [3.8, 4) is 11.1 Å². The molecule has 6 rings (SSSR count). The van der Waals surface area contributed by atoms with Crippen LogP contribution in [0.4, 0.5) is 28.4 Å². The largest absolute Gasteiger partial charge is 0.374 e. The summed E-state index contributed by atoms with van der Waals surface area (Å²) in [5, 5.41) is 0. The fourth-order valence-corrected chi connectivity index (χ4v) is 5.70. The van der Waals surface area contributed by atoms with Gasteiger partial charge in [0.1, 0.15) is 0 Å². The first-order valence-electron chi connectivity index (χ1n) is 15.1. The summed E-state index contributed by atoms with van der Waals surface area (Å²) < 4.78 is 5.83. The van der Waals surface area contributed by atoms with Gasteiger partial charge in [-0.2, -0.15) is 0 Å². The van der Waals surface area contributed by atoms with E-state index in [1.165, 1.54) is 22.3 Å². The Kier molecular flexibility index (Phi) is 8.53. The highest BCUT2D eigenvalue weighted by atomic mass is 16.5. The van der Waals surface area contributed by atoms with Crippen molar-refractivity contribution < 1.29 is 4.74 Å². The fourth-order valence-electron chi connectivity index (χ4n) is 5.70. The Morgan fingerprint density at radius 1 is 0.581 bits per heavy atom. The standard InChI is InChI=1S/C40H38N2O/c1-4-43-40-26-24-37(25-27-40)42(39-15-9-11-31(3)29-39)36-22-18-33(19-23-36)32-16-20-35(21-17-32)41(34-12-6-5-7-13-34)38-14-8-10-30(2)28-38/h5-26,28-29,40H,4,27H2,1-3H3. The maximum atomic E-state index is 5.83. The first-order chi connectivity index (χ1) is 21.1. The van der Waals surface area contributed by atoms with E-state index in [-0.39, 0.29) is 6.10 Å². The van der Waals surface area contributed by atoms with Crippen molar-refractivity contribution in [1.29, 1.82) is 0 Å². The first-order valence-corrected chi connectivity index (χ1v) is 15.1. The molecule has 0 radical (unpaired) electrons. The SMILES string of the molecule is CCOC1C=CC(N(c2ccc(-c3ccc(N(c4ccccc4)c4cccc(C)c4)cc3)cc2)c2cccc(C)c2)=CC1. The monoisotopic (exact) mass is 562 g/mol. The molecule has 0 amide bonds. The van der Waals surface area contributed by atoms with Gasteiger partial charge in [0.2, 0.25) is 0 Å². The van der Waals surface area contributed by atoms with Crippen LogP contribution in [0.25, 0.3) is 11.1 Å². The van der Waals surface area contributed by atoms with Crippen LogP contribution in [-0.2, 0) is 4.74 Å². The van der Waals surface area contributed by atoms with Gasteiger partial charge in [-0.1, -0.05) is 78.9 Å². The maximum absolute atomic E-state index is 5.83. The van der Waals surface area contributed by atoms with Gasteiger partial charge in [-0.3, -0.25) is 0 Å². The summed E-state index contributed by atoms with van der Waals surface area (Å²) in [5.74, 6) is 0. The molecule has 1 unspecified atom stereocenters. The Hall–Kier alpha value is -4.86. The van der Waals surface area contributed by atoms with Crippen LogP contribution in [-0.4, -0.2) is 12.7 Å². The molecule has 0 saturated heterocycles. The van der Waals surface area contributed by atoms with Crippen molar-refractivity contribution in [1.82, 2.24) is 0 Å². The number of aryl methyl sites for hydroxylation is 2. The van der Waals surface area contributed by atoms with Gasteiger partial charge in [-0.25, -0.2) is 0 Å². The molecule has 5 aromatic carbocycles. The van der Waals surface area contributed by atoms with E-state index in [1.54, 1.807) is 0 Å². The Labute approximate surface area is 256 Å². The summed E-state index contributed by atoms with van der Waals surface area (Å²) in [6.45, 7) is 7.05. The number of para-hydroxylation sites is 1. The first kappa shape index (κ1) is 28.3. The van der Waals surface area contributed by atoms with Gasteiger partial charge in [-0.15, -0.1) is 0 Å².